The second-order valence-corrected chi connectivity index (χ2v) is 10.3. The van der Waals surface area contributed by atoms with Gasteiger partial charge in [0, 0.05) is 23.5 Å². The molecule has 0 saturated carbocycles. The number of nitrogens with one attached hydrogen (secondary N) is 1. The van der Waals surface area contributed by atoms with Crippen LogP contribution in [0.3, 0.4) is 0 Å². The van der Waals surface area contributed by atoms with E-state index in [1.165, 1.54) is 49.0 Å². The summed E-state index contributed by atoms with van der Waals surface area (Å²) in [5, 5.41) is 13.3. The first kappa shape index (κ1) is 30.2. The number of alkyl halides is 3. The van der Waals surface area contributed by atoms with Crippen LogP contribution in [0.4, 0.5) is 17.6 Å². The lowest BCUT2D eigenvalue weighted by Gasteiger charge is -2.31. The first-order valence-corrected chi connectivity index (χ1v) is 12.8. The third-order valence-electron chi connectivity index (χ3n) is 7.38. The molecular weight excluding hydrogens is 592 g/mol. The van der Waals surface area contributed by atoms with E-state index in [-0.39, 0.29) is 51.8 Å². The van der Waals surface area contributed by atoms with Crippen molar-refractivity contribution < 1.29 is 46.5 Å². The smallest absolute Gasteiger partial charge is 0.424 e. The van der Waals surface area contributed by atoms with Gasteiger partial charge in [-0.15, -0.1) is 0 Å². The van der Waals surface area contributed by atoms with Gasteiger partial charge in [-0.25, -0.2) is 14.4 Å². The second-order valence-electron chi connectivity index (χ2n) is 10.3. The lowest BCUT2D eigenvalue weighted by atomic mass is 9.81. The van der Waals surface area contributed by atoms with E-state index in [0.29, 0.717) is 0 Å². The summed E-state index contributed by atoms with van der Waals surface area (Å²) < 4.78 is 69.6. The van der Waals surface area contributed by atoms with Crippen molar-refractivity contribution in [2.45, 2.75) is 24.1 Å². The van der Waals surface area contributed by atoms with Crippen molar-refractivity contribution in [3.63, 3.8) is 0 Å². The number of hydrogen-bond donors (Lipinski definition) is 4. The molecule has 4 aromatic rings. The summed E-state index contributed by atoms with van der Waals surface area (Å²) >= 11 is 0. The van der Waals surface area contributed by atoms with Gasteiger partial charge in [0.1, 0.15) is 35.0 Å². The lowest BCUT2D eigenvalue weighted by molar-refractivity contribution is -0.265. The molecule has 12 nitrogen and oxygen atoms in total. The first-order valence-electron chi connectivity index (χ1n) is 12.8. The summed E-state index contributed by atoms with van der Waals surface area (Å²) in [5.74, 6) is -3.53. The van der Waals surface area contributed by atoms with Crippen LogP contribution in [0.1, 0.15) is 39.0 Å². The number of aliphatic hydroxyl groups is 1. The fourth-order valence-corrected chi connectivity index (χ4v) is 4.71. The molecule has 230 valence electrons. The Hall–Kier alpha value is -5.25. The van der Waals surface area contributed by atoms with Gasteiger partial charge in [0.15, 0.2) is 11.4 Å². The van der Waals surface area contributed by atoms with E-state index < -0.39 is 53.0 Å². The molecule has 0 saturated heterocycles. The Bertz CT molecular complexity index is 1830. The zero-order valence-corrected chi connectivity index (χ0v) is 23.0. The van der Waals surface area contributed by atoms with E-state index >= 15 is 0 Å². The predicted molar refractivity (Wildman–Crippen MR) is 144 cm³/mol. The highest BCUT2D eigenvalue weighted by Gasteiger charge is 2.57. The number of primary amides is 2. The number of ether oxygens (including phenoxy) is 2. The molecule has 3 amide bonds. The maximum atomic E-state index is 14.6. The Morgan fingerprint density at radius 2 is 1.82 bits per heavy atom. The molecule has 0 radical (unpaired) electrons. The van der Waals surface area contributed by atoms with Crippen LogP contribution in [0.15, 0.2) is 48.8 Å². The zero-order valence-electron chi connectivity index (χ0n) is 23.0. The summed E-state index contributed by atoms with van der Waals surface area (Å²) in [6.07, 6.45) is -3.03. The number of methoxy groups -OCH3 is 1. The highest BCUT2D eigenvalue weighted by molar-refractivity contribution is 5.96. The third-order valence-corrected chi connectivity index (χ3v) is 7.38. The number of aromatic nitrogens is 3. The van der Waals surface area contributed by atoms with E-state index in [0.717, 1.165) is 18.2 Å². The fraction of sp³-hybridized carbons (Fsp3) is 0.250. The Morgan fingerprint density at radius 1 is 1.14 bits per heavy atom. The number of benzene rings is 1. The molecule has 0 bridgehead atoms. The highest BCUT2D eigenvalue weighted by Crippen LogP contribution is 2.47. The highest BCUT2D eigenvalue weighted by atomic mass is 19.4. The number of imidazole rings is 1. The van der Waals surface area contributed by atoms with E-state index in [9.17, 15) is 37.1 Å². The number of fused-ring (bicyclic) bond motifs is 2. The molecule has 44 heavy (non-hydrogen) atoms. The molecule has 0 aliphatic carbocycles. The number of hydrogen-bond acceptors (Lipinski definition) is 8. The van der Waals surface area contributed by atoms with Crippen LogP contribution in [0.5, 0.6) is 11.5 Å². The molecule has 3 aromatic heterocycles. The number of amides is 3. The number of carbonyl (C=O) groups excluding carboxylic acids is 3. The number of halogens is 4. The average Bonchev–Trinajstić information content (AvgIpc) is 3.57. The molecule has 5 rings (SSSR count). The molecule has 1 aliphatic rings. The summed E-state index contributed by atoms with van der Waals surface area (Å²) in [4.78, 5) is 45.1. The number of carbonyl (C=O) groups is 3. The van der Waals surface area contributed by atoms with Gasteiger partial charge in [0.2, 0.25) is 11.5 Å². The van der Waals surface area contributed by atoms with Crippen molar-refractivity contribution in [1.82, 2.24) is 19.7 Å². The van der Waals surface area contributed by atoms with Crippen LogP contribution < -0.4 is 26.3 Å². The van der Waals surface area contributed by atoms with Gasteiger partial charge in [-0.2, -0.15) is 13.2 Å². The summed E-state index contributed by atoms with van der Waals surface area (Å²) in [7, 11) is 1.25. The summed E-state index contributed by atoms with van der Waals surface area (Å²) in [6.45, 7) is -0.389. The maximum absolute atomic E-state index is 14.6. The largest absolute Gasteiger partial charge is 0.493 e. The monoisotopic (exact) mass is 616 g/mol. The van der Waals surface area contributed by atoms with Crippen molar-refractivity contribution in [3.05, 3.63) is 77.1 Å². The standard InChI is InChI=1S/C28H24F4N6O6/c1-26(25(34)41)12-44-21-16(26)8-19(37-20(21)13-3-5-15(29)6-4-13)27(42,28(30,31)32)11-35-24(40)14-7-18(43-2)23-36-17(22(33)39)10-38(23)9-14/h3-10,42H,11-12H2,1-2H3,(H2,33,39)(H2,34,41)(H,35,40)/t26-,27?/m0/s1. The number of rotatable bonds is 8. The zero-order chi connectivity index (χ0) is 32.2. The van der Waals surface area contributed by atoms with Crippen molar-refractivity contribution >= 4 is 23.4 Å². The van der Waals surface area contributed by atoms with Gasteiger partial charge >= 0.3 is 6.18 Å². The third kappa shape index (κ3) is 4.92. The number of nitrogens with zero attached hydrogens (tertiary/aromatic N) is 3. The molecule has 0 fully saturated rings. The summed E-state index contributed by atoms with van der Waals surface area (Å²) in [5.41, 5.74) is 4.04. The topological polar surface area (TPSA) is 184 Å². The Labute approximate surface area is 245 Å². The second kappa shape index (κ2) is 10.5. The molecule has 0 spiro atoms. The van der Waals surface area contributed by atoms with Crippen molar-refractivity contribution in [2.75, 3.05) is 20.3 Å². The number of nitrogens with two attached hydrogens (primary N) is 2. The summed E-state index contributed by atoms with van der Waals surface area (Å²) in [6, 6.07) is 6.60. The Kier molecular flexibility index (Phi) is 7.20. The molecule has 16 heteroatoms. The van der Waals surface area contributed by atoms with E-state index in [4.69, 9.17) is 20.9 Å². The maximum Gasteiger partial charge on any atom is 0.424 e. The molecule has 6 N–H and O–H groups in total. The van der Waals surface area contributed by atoms with Gasteiger partial charge < -0.3 is 35.8 Å². The van der Waals surface area contributed by atoms with Gasteiger partial charge in [0.05, 0.1) is 24.9 Å². The molecule has 1 aliphatic heterocycles. The predicted octanol–water partition coefficient (Wildman–Crippen LogP) is 1.96. The van der Waals surface area contributed by atoms with Crippen molar-refractivity contribution in [2.24, 2.45) is 11.5 Å². The number of pyridine rings is 2. The SMILES string of the molecule is COc1cc(C(=O)NCC(O)(c2cc3c(c(-c4ccc(F)cc4)n2)OC[C@]3(C)C(N)=O)C(F)(F)F)cn2cc(C(N)=O)nc12. The van der Waals surface area contributed by atoms with Gasteiger partial charge in [-0.3, -0.25) is 14.4 Å². The van der Waals surface area contributed by atoms with Crippen molar-refractivity contribution in [3.8, 4) is 22.8 Å². The van der Waals surface area contributed by atoms with Crippen LogP contribution in [0.25, 0.3) is 16.9 Å². The molecule has 1 aromatic carbocycles. The van der Waals surface area contributed by atoms with E-state index in [2.05, 4.69) is 15.3 Å². The van der Waals surface area contributed by atoms with Gasteiger partial charge in [0.25, 0.3) is 11.8 Å². The van der Waals surface area contributed by atoms with Gasteiger partial charge in [-0.1, -0.05) is 0 Å². The minimum atomic E-state index is -5.41. The quantitative estimate of drug-likeness (QED) is 0.217. The van der Waals surface area contributed by atoms with Crippen LogP contribution >= 0.6 is 0 Å². The van der Waals surface area contributed by atoms with Crippen LogP contribution in [0, 0.1) is 5.82 Å². The van der Waals surface area contributed by atoms with Gasteiger partial charge in [-0.05, 0) is 43.3 Å². The molecule has 2 atom stereocenters. The average molecular weight is 617 g/mol. The Morgan fingerprint density at radius 3 is 2.41 bits per heavy atom. The van der Waals surface area contributed by atoms with Crippen LogP contribution in [0.2, 0.25) is 0 Å². The van der Waals surface area contributed by atoms with E-state index in [1.54, 1.807) is 0 Å². The van der Waals surface area contributed by atoms with Crippen LogP contribution in [-0.4, -0.2) is 63.6 Å². The van der Waals surface area contributed by atoms with Crippen LogP contribution in [-0.2, 0) is 15.8 Å². The normalized spacial score (nSPS) is 17.4. The molecule has 4 heterocycles. The minimum absolute atomic E-state index is 0.00574. The molecule has 1 unspecified atom stereocenters. The van der Waals surface area contributed by atoms with E-state index in [1.807, 2.05) is 0 Å². The first-order chi connectivity index (χ1) is 20.6. The van der Waals surface area contributed by atoms with Crippen molar-refractivity contribution in [1.29, 1.82) is 0 Å². The lowest BCUT2D eigenvalue weighted by Crippen LogP contribution is -2.51. The Balaban J connectivity index is 1.58. The fourth-order valence-electron chi connectivity index (χ4n) is 4.71. The molecular formula is C28H24F4N6O6. The minimum Gasteiger partial charge on any atom is -0.493 e.